The van der Waals surface area contributed by atoms with E-state index in [9.17, 15) is 9.59 Å². The van der Waals surface area contributed by atoms with Crippen LogP contribution in [-0.2, 0) is 4.79 Å². The van der Waals surface area contributed by atoms with E-state index in [1.54, 1.807) is 17.0 Å². The Hall–Kier alpha value is -2.42. The number of nitrogens with zero attached hydrogens (tertiary/aromatic N) is 4. The van der Waals surface area contributed by atoms with E-state index in [1.807, 2.05) is 6.07 Å². The summed E-state index contributed by atoms with van der Waals surface area (Å²) in [6.07, 6.45) is 10.1. The molecule has 0 bridgehead atoms. The van der Waals surface area contributed by atoms with E-state index in [-0.39, 0.29) is 11.8 Å². The Bertz CT molecular complexity index is 763. The normalized spacial score (nSPS) is 26.4. The molecule has 1 aliphatic carbocycles. The second-order valence-electron chi connectivity index (χ2n) is 8.19. The Morgan fingerprint density at radius 2 is 1.96 bits per heavy atom. The monoisotopic (exact) mass is 366 g/mol. The van der Waals surface area contributed by atoms with E-state index >= 15 is 0 Å². The third kappa shape index (κ3) is 3.31. The number of likely N-dealkylation sites (tertiary alicyclic amines) is 2. The third-order valence-electron chi connectivity index (χ3n) is 6.55. The van der Waals surface area contributed by atoms with Crippen LogP contribution in [0.4, 0.5) is 0 Å². The zero-order chi connectivity index (χ0) is 18.9. The number of pyridine rings is 1. The summed E-state index contributed by atoms with van der Waals surface area (Å²) in [7, 11) is 0. The van der Waals surface area contributed by atoms with Gasteiger partial charge in [-0.1, -0.05) is 19.3 Å². The van der Waals surface area contributed by atoms with Crippen LogP contribution in [0.25, 0.3) is 0 Å². The smallest absolute Gasteiger partial charge is 0.255 e. The van der Waals surface area contributed by atoms with Gasteiger partial charge in [0, 0.05) is 31.9 Å². The van der Waals surface area contributed by atoms with Gasteiger partial charge < -0.3 is 9.80 Å². The number of piperidine rings is 1. The lowest BCUT2D eigenvalue weighted by Gasteiger charge is -2.44. The molecule has 0 N–H and O–H groups in total. The van der Waals surface area contributed by atoms with E-state index in [2.05, 4.69) is 9.88 Å². The maximum atomic E-state index is 13.4. The molecule has 6 heteroatoms. The van der Waals surface area contributed by atoms with Gasteiger partial charge in [-0.25, -0.2) is 4.98 Å². The Morgan fingerprint density at radius 3 is 2.67 bits per heavy atom. The first-order chi connectivity index (χ1) is 13.1. The molecule has 1 aromatic heterocycles. The van der Waals surface area contributed by atoms with Crippen molar-refractivity contribution in [1.82, 2.24) is 14.8 Å². The average Bonchev–Trinajstić information content (AvgIpc) is 3.15. The van der Waals surface area contributed by atoms with Gasteiger partial charge in [-0.3, -0.25) is 9.59 Å². The lowest BCUT2D eigenvalue weighted by molar-refractivity contribution is -0.149. The largest absolute Gasteiger partial charge is 0.339 e. The third-order valence-corrected chi connectivity index (χ3v) is 6.55. The van der Waals surface area contributed by atoms with E-state index in [1.165, 1.54) is 25.5 Å². The summed E-state index contributed by atoms with van der Waals surface area (Å²) >= 11 is 0. The number of hydrogen-bond acceptors (Lipinski definition) is 4. The van der Waals surface area contributed by atoms with Gasteiger partial charge in [0.2, 0.25) is 5.91 Å². The Balaban J connectivity index is 1.47. The molecule has 3 aliphatic rings. The fourth-order valence-corrected chi connectivity index (χ4v) is 5.04. The van der Waals surface area contributed by atoms with Crippen molar-refractivity contribution in [3.8, 4) is 6.07 Å². The summed E-state index contributed by atoms with van der Waals surface area (Å²) in [6.45, 7) is 2.00. The highest BCUT2D eigenvalue weighted by Crippen LogP contribution is 2.42. The number of carbonyl (C=O) groups excluding carboxylic acids is 2. The van der Waals surface area contributed by atoms with Crippen molar-refractivity contribution in [1.29, 1.82) is 5.26 Å². The van der Waals surface area contributed by atoms with Crippen molar-refractivity contribution >= 4 is 11.8 Å². The number of nitriles is 1. The summed E-state index contributed by atoms with van der Waals surface area (Å²) in [6, 6.07) is 5.58. The second kappa shape index (κ2) is 7.30. The van der Waals surface area contributed by atoms with Crippen LogP contribution in [0.15, 0.2) is 18.3 Å². The summed E-state index contributed by atoms with van der Waals surface area (Å²) < 4.78 is 0. The number of hydrogen-bond donors (Lipinski definition) is 0. The standard InChI is InChI=1S/C21H26N4O2/c22-13-17-8-7-16(14-23-17)19(26)24-12-10-21(15-24)9-4-11-25(20(21)27)18-5-2-1-3-6-18/h7-8,14,18H,1-6,9-12,15H2/t21-/m0/s1. The fraction of sp³-hybridized carbons (Fsp3) is 0.619. The molecule has 3 heterocycles. The van der Waals surface area contributed by atoms with Crippen molar-refractivity contribution in [2.45, 2.75) is 57.4 Å². The number of rotatable bonds is 2. The van der Waals surface area contributed by atoms with Gasteiger partial charge in [-0.05, 0) is 44.2 Å². The molecule has 1 spiro atoms. The minimum atomic E-state index is -0.397. The van der Waals surface area contributed by atoms with Gasteiger partial charge in [0.1, 0.15) is 11.8 Å². The molecular weight excluding hydrogens is 340 g/mol. The first kappa shape index (κ1) is 18.0. The number of aromatic nitrogens is 1. The molecule has 1 atom stereocenters. The predicted octanol–water partition coefficient (Wildman–Crippen LogP) is 2.74. The van der Waals surface area contributed by atoms with Gasteiger partial charge in [-0.15, -0.1) is 0 Å². The molecule has 6 nitrogen and oxygen atoms in total. The average molecular weight is 366 g/mol. The van der Waals surface area contributed by atoms with Crippen LogP contribution in [0.5, 0.6) is 0 Å². The molecule has 0 aromatic carbocycles. The molecule has 2 saturated heterocycles. The minimum absolute atomic E-state index is 0.0912. The Morgan fingerprint density at radius 1 is 1.15 bits per heavy atom. The van der Waals surface area contributed by atoms with Crippen LogP contribution in [-0.4, -0.2) is 52.3 Å². The molecule has 1 saturated carbocycles. The zero-order valence-corrected chi connectivity index (χ0v) is 15.7. The molecule has 1 aromatic rings. The highest BCUT2D eigenvalue weighted by Gasteiger charge is 2.50. The second-order valence-corrected chi connectivity index (χ2v) is 8.19. The van der Waals surface area contributed by atoms with Crippen molar-refractivity contribution < 1.29 is 9.59 Å². The van der Waals surface area contributed by atoms with Gasteiger partial charge >= 0.3 is 0 Å². The highest BCUT2D eigenvalue weighted by atomic mass is 16.2. The number of carbonyl (C=O) groups is 2. The quantitative estimate of drug-likeness (QED) is 0.806. The van der Waals surface area contributed by atoms with Crippen LogP contribution in [0.3, 0.4) is 0 Å². The predicted molar refractivity (Wildman–Crippen MR) is 99.7 cm³/mol. The van der Waals surface area contributed by atoms with Gasteiger partial charge in [-0.2, -0.15) is 5.26 Å². The summed E-state index contributed by atoms with van der Waals surface area (Å²) in [5.74, 6) is 0.181. The van der Waals surface area contributed by atoms with E-state index < -0.39 is 5.41 Å². The lowest BCUT2D eigenvalue weighted by Crippen LogP contribution is -2.54. The fourth-order valence-electron chi connectivity index (χ4n) is 5.04. The SMILES string of the molecule is N#Cc1ccc(C(=O)N2CC[C@@]3(CCCN(C4CCCCC4)C3=O)C2)cn1. The van der Waals surface area contributed by atoms with Crippen molar-refractivity contribution in [2.24, 2.45) is 5.41 Å². The molecule has 0 unspecified atom stereocenters. The van der Waals surface area contributed by atoms with Crippen LogP contribution in [0, 0.1) is 16.7 Å². The summed E-state index contributed by atoms with van der Waals surface area (Å²) in [5.41, 5.74) is 0.388. The van der Waals surface area contributed by atoms with E-state index in [4.69, 9.17) is 5.26 Å². The van der Waals surface area contributed by atoms with Crippen LogP contribution in [0.1, 0.15) is 67.4 Å². The Kier molecular flexibility index (Phi) is 4.86. The maximum absolute atomic E-state index is 13.4. The number of amides is 2. The zero-order valence-electron chi connectivity index (χ0n) is 15.7. The topological polar surface area (TPSA) is 77.3 Å². The molecule has 0 radical (unpaired) electrons. The molecular formula is C21H26N4O2. The molecule has 2 amide bonds. The molecule has 142 valence electrons. The first-order valence-corrected chi connectivity index (χ1v) is 10.1. The van der Waals surface area contributed by atoms with E-state index in [0.29, 0.717) is 30.4 Å². The van der Waals surface area contributed by atoms with E-state index in [0.717, 1.165) is 38.6 Å². The summed E-state index contributed by atoms with van der Waals surface area (Å²) in [5, 5.41) is 8.86. The van der Waals surface area contributed by atoms with Gasteiger partial charge in [0.25, 0.3) is 5.91 Å². The molecule has 3 fully saturated rings. The van der Waals surface area contributed by atoms with Gasteiger partial charge in [0.05, 0.1) is 11.0 Å². The molecule has 27 heavy (non-hydrogen) atoms. The van der Waals surface area contributed by atoms with Crippen LogP contribution < -0.4 is 0 Å². The maximum Gasteiger partial charge on any atom is 0.255 e. The summed E-state index contributed by atoms with van der Waals surface area (Å²) in [4.78, 5) is 34.2. The molecule has 4 rings (SSSR count). The highest BCUT2D eigenvalue weighted by molar-refractivity contribution is 5.95. The van der Waals surface area contributed by atoms with Crippen molar-refractivity contribution in [2.75, 3.05) is 19.6 Å². The minimum Gasteiger partial charge on any atom is -0.339 e. The Labute approximate surface area is 160 Å². The van der Waals surface area contributed by atoms with Crippen molar-refractivity contribution in [3.63, 3.8) is 0 Å². The van der Waals surface area contributed by atoms with Gasteiger partial charge in [0.15, 0.2) is 0 Å². The van der Waals surface area contributed by atoms with Crippen LogP contribution in [0.2, 0.25) is 0 Å². The lowest BCUT2D eigenvalue weighted by atomic mass is 9.77. The van der Waals surface area contributed by atoms with Crippen molar-refractivity contribution in [3.05, 3.63) is 29.6 Å². The van der Waals surface area contributed by atoms with Crippen LogP contribution >= 0.6 is 0 Å². The first-order valence-electron chi connectivity index (χ1n) is 10.1. The molecule has 2 aliphatic heterocycles.